The molecule has 1 aliphatic heterocycles. The Bertz CT molecular complexity index is 585. The molecule has 1 fully saturated rings. The van der Waals surface area contributed by atoms with Crippen molar-refractivity contribution in [3.8, 4) is 11.6 Å². The average Bonchev–Trinajstić information content (AvgIpc) is 3.08. The summed E-state index contributed by atoms with van der Waals surface area (Å²) in [7, 11) is 2.08. The number of hydrogen-bond donors (Lipinski definition) is 1. The number of hydrogen-bond acceptors (Lipinski definition) is 7. The van der Waals surface area contributed by atoms with E-state index in [9.17, 15) is 0 Å². The fourth-order valence-corrected chi connectivity index (χ4v) is 3.03. The molecule has 0 amide bonds. The molecule has 6 nitrogen and oxygen atoms in total. The number of thiazole rings is 1. The molecule has 116 valence electrons. The number of rotatable bonds is 3. The molecule has 3 rings (SSSR count). The quantitative estimate of drug-likeness (QED) is 0.932. The first-order valence-electron chi connectivity index (χ1n) is 6.85. The molecule has 8 heteroatoms. The Morgan fingerprint density at radius 2 is 2.24 bits per heavy atom. The lowest BCUT2D eigenvalue weighted by Crippen LogP contribution is -2.44. The average molecular weight is 330 g/mol. The highest BCUT2D eigenvalue weighted by Crippen LogP contribution is 2.26. The summed E-state index contributed by atoms with van der Waals surface area (Å²) in [6.07, 6.45) is 0. The zero-order chi connectivity index (χ0) is 14.1. The molecular weight excluding hydrogens is 310 g/mol. The highest BCUT2D eigenvalue weighted by Gasteiger charge is 2.26. The van der Waals surface area contributed by atoms with E-state index in [1.165, 1.54) is 0 Å². The van der Waals surface area contributed by atoms with Gasteiger partial charge in [-0.3, -0.25) is 4.90 Å². The van der Waals surface area contributed by atoms with Crippen LogP contribution in [0.25, 0.3) is 11.6 Å². The molecule has 0 bridgehead atoms. The van der Waals surface area contributed by atoms with Gasteiger partial charge in [-0.1, -0.05) is 19.0 Å². The first kappa shape index (κ1) is 16.4. The van der Waals surface area contributed by atoms with E-state index >= 15 is 0 Å². The summed E-state index contributed by atoms with van der Waals surface area (Å²) in [5.74, 6) is 1.67. The van der Waals surface area contributed by atoms with Gasteiger partial charge in [0.15, 0.2) is 5.82 Å². The molecule has 1 N–H and O–H groups in total. The summed E-state index contributed by atoms with van der Waals surface area (Å²) in [4.78, 5) is 11.3. The van der Waals surface area contributed by atoms with Crippen LogP contribution in [0.2, 0.25) is 0 Å². The Balaban J connectivity index is 0.00000161. The van der Waals surface area contributed by atoms with Gasteiger partial charge in [0.1, 0.15) is 5.69 Å². The van der Waals surface area contributed by atoms with Crippen molar-refractivity contribution in [2.45, 2.75) is 25.8 Å². The Kier molecular flexibility index (Phi) is 5.32. The first-order valence-corrected chi connectivity index (χ1v) is 7.73. The van der Waals surface area contributed by atoms with Gasteiger partial charge in [-0.2, -0.15) is 4.98 Å². The molecule has 1 atom stereocenters. The van der Waals surface area contributed by atoms with Gasteiger partial charge in [0, 0.05) is 30.9 Å². The Hall–Kier alpha value is -1.02. The van der Waals surface area contributed by atoms with Crippen LogP contribution in [0.5, 0.6) is 0 Å². The van der Waals surface area contributed by atoms with Crippen LogP contribution in [-0.4, -0.2) is 46.7 Å². The van der Waals surface area contributed by atoms with Crippen LogP contribution in [0.15, 0.2) is 9.90 Å². The number of halogens is 1. The molecule has 2 aromatic heterocycles. The second-order valence-electron chi connectivity index (χ2n) is 5.38. The summed E-state index contributed by atoms with van der Waals surface area (Å²) >= 11 is 1.64. The summed E-state index contributed by atoms with van der Waals surface area (Å²) < 4.78 is 5.37. The number of nitrogens with one attached hydrogen (secondary N) is 1. The van der Waals surface area contributed by atoms with Crippen LogP contribution < -0.4 is 5.32 Å². The van der Waals surface area contributed by atoms with Gasteiger partial charge in [0.2, 0.25) is 0 Å². The van der Waals surface area contributed by atoms with Crippen molar-refractivity contribution in [1.82, 2.24) is 25.3 Å². The van der Waals surface area contributed by atoms with Crippen LogP contribution in [0.1, 0.15) is 36.6 Å². The Morgan fingerprint density at radius 3 is 2.90 bits per heavy atom. The van der Waals surface area contributed by atoms with Crippen molar-refractivity contribution >= 4 is 23.7 Å². The zero-order valence-corrected chi connectivity index (χ0v) is 14.0. The first-order chi connectivity index (χ1) is 9.65. The minimum Gasteiger partial charge on any atom is -0.332 e. The second kappa shape index (κ2) is 6.83. The van der Waals surface area contributed by atoms with Crippen LogP contribution >= 0.6 is 23.7 Å². The van der Waals surface area contributed by atoms with E-state index in [4.69, 9.17) is 4.52 Å². The normalized spacial score (nSPS) is 19.7. The minimum atomic E-state index is 0. The van der Waals surface area contributed by atoms with Crippen molar-refractivity contribution in [2.24, 2.45) is 0 Å². The summed E-state index contributed by atoms with van der Waals surface area (Å²) in [6, 6.07) is 0.171. The smallest absolute Gasteiger partial charge is 0.277 e. The zero-order valence-electron chi connectivity index (χ0n) is 12.4. The maximum atomic E-state index is 5.37. The van der Waals surface area contributed by atoms with Gasteiger partial charge in [-0.25, -0.2) is 4.98 Å². The molecule has 0 aliphatic carbocycles. The molecule has 3 heterocycles. The topological polar surface area (TPSA) is 67.1 Å². The lowest BCUT2D eigenvalue weighted by atomic mass is 10.2. The molecule has 0 radical (unpaired) electrons. The molecular formula is C13H20ClN5OS. The molecule has 2 aromatic rings. The van der Waals surface area contributed by atoms with E-state index in [0.717, 1.165) is 36.2 Å². The largest absolute Gasteiger partial charge is 0.332 e. The van der Waals surface area contributed by atoms with E-state index in [1.54, 1.807) is 11.3 Å². The van der Waals surface area contributed by atoms with E-state index in [-0.39, 0.29) is 18.4 Å². The van der Waals surface area contributed by atoms with E-state index < -0.39 is 0 Å². The molecule has 0 spiro atoms. The number of likely N-dealkylation sites (N-methyl/N-ethyl adjacent to an activating group) is 1. The maximum Gasteiger partial charge on any atom is 0.277 e. The van der Waals surface area contributed by atoms with Crippen LogP contribution in [-0.2, 0) is 0 Å². The predicted octanol–water partition coefficient (Wildman–Crippen LogP) is 2.31. The third kappa shape index (κ3) is 3.42. The third-order valence-corrected chi connectivity index (χ3v) is 4.63. The molecule has 0 aromatic carbocycles. The minimum absolute atomic E-state index is 0. The van der Waals surface area contributed by atoms with E-state index in [0.29, 0.717) is 11.8 Å². The fourth-order valence-electron chi connectivity index (χ4n) is 2.22. The van der Waals surface area contributed by atoms with Gasteiger partial charge in [0.05, 0.1) is 11.0 Å². The summed E-state index contributed by atoms with van der Waals surface area (Å²) in [5.41, 5.74) is 0.781. The standard InChI is InChI=1S/C13H19N5OS.ClH/c1-8(2)13-15-9(7-20-13)12-16-11(17-19-12)10-6-14-4-5-18(10)3;/h7-8,10,14H,4-6H2,1-3H3;1H. The molecule has 1 unspecified atom stereocenters. The van der Waals surface area contributed by atoms with E-state index in [1.807, 2.05) is 5.38 Å². The Labute approximate surface area is 134 Å². The van der Waals surface area contributed by atoms with Crippen molar-refractivity contribution in [1.29, 1.82) is 0 Å². The van der Waals surface area contributed by atoms with Gasteiger partial charge < -0.3 is 9.84 Å². The number of nitrogens with zero attached hydrogens (tertiary/aromatic N) is 4. The third-order valence-electron chi connectivity index (χ3n) is 3.49. The SMILES string of the molecule is CC(C)c1nc(-c2nc(C3CNCCN3C)no2)cs1.Cl. The number of aromatic nitrogens is 3. The second-order valence-corrected chi connectivity index (χ2v) is 6.27. The highest BCUT2D eigenvalue weighted by molar-refractivity contribution is 7.10. The van der Waals surface area contributed by atoms with Crippen molar-refractivity contribution < 1.29 is 4.52 Å². The summed E-state index contributed by atoms with van der Waals surface area (Å²) in [6.45, 7) is 7.10. The lowest BCUT2D eigenvalue weighted by molar-refractivity contribution is 0.190. The lowest BCUT2D eigenvalue weighted by Gasteiger charge is -2.30. The van der Waals surface area contributed by atoms with Crippen molar-refractivity contribution in [2.75, 3.05) is 26.7 Å². The maximum absolute atomic E-state index is 5.37. The van der Waals surface area contributed by atoms with Gasteiger partial charge in [-0.05, 0) is 7.05 Å². The van der Waals surface area contributed by atoms with Gasteiger partial charge >= 0.3 is 0 Å². The van der Waals surface area contributed by atoms with Crippen molar-refractivity contribution in [3.63, 3.8) is 0 Å². The number of piperazine rings is 1. The monoisotopic (exact) mass is 329 g/mol. The molecule has 1 saturated heterocycles. The summed E-state index contributed by atoms with van der Waals surface area (Å²) in [5, 5.41) is 10.5. The van der Waals surface area contributed by atoms with E-state index in [2.05, 4.69) is 46.2 Å². The predicted molar refractivity (Wildman–Crippen MR) is 85.0 cm³/mol. The molecule has 0 saturated carbocycles. The fraction of sp³-hybridized carbons (Fsp3) is 0.615. The highest BCUT2D eigenvalue weighted by atomic mass is 35.5. The molecule has 1 aliphatic rings. The van der Waals surface area contributed by atoms with Gasteiger partial charge in [0.25, 0.3) is 5.89 Å². The van der Waals surface area contributed by atoms with Crippen LogP contribution in [0.3, 0.4) is 0 Å². The van der Waals surface area contributed by atoms with Gasteiger partial charge in [-0.15, -0.1) is 23.7 Å². The Morgan fingerprint density at radius 1 is 1.43 bits per heavy atom. The molecule has 21 heavy (non-hydrogen) atoms. The van der Waals surface area contributed by atoms with Crippen molar-refractivity contribution in [3.05, 3.63) is 16.2 Å². The van der Waals surface area contributed by atoms with Crippen LogP contribution in [0, 0.1) is 0 Å². The van der Waals surface area contributed by atoms with Crippen LogP contribution in [0.4, 0.5) is 0 Å².